The Balaban J connectivity index is 2.06. The molecular weight excluding hydrogens is 176 g/mol. The summed E-state index contributed by atoms with van der Waals surface area (Å²) < 4.78 is 0. The molecule has 2 fully saturated rings. The van der Waals surface area contributed by atoms with Crippen molar-refractivity contribution in [3.8, 4) is 0 Å². The van der Waals surface area contributed by atoms with Crippen molar-refractivity contribution < 1.29 is 4.79 Å². The van der Waals surface area contributed by atoms with Crippen LogP contribution in [0.25, 0.3) is 0 Å². The summed E-state index contributed by atoms with van der Waals surface area (Å²) in [6, 6.07) is 0. The minimum atomic E-state index is -0.0708. The highest BCUT2D eigenvalue weighted by Crippen LogP contribution is 2.33. The second-order valence-electron chi connectivity index (χ2n) is 4.63. The first-order chi connectivity index (χ1) is 6.83. The Bertz CT molecular complexity index is 209. The predicted molar refractivity (Wildman–Crippen MR) is 56.0 cm³/mol. The molecule has 2 aliphatic rings. The monoisotopic (exact) mass is 196 g/mol. The molecule has 2 heterocycles. The van der Waals surface area contributed by atoms with Crippen LogP contribution in [-0.4, -0.2) is 25.5 Å². The molecule has 2 aliphatic heterocycles. The fourth-order valence-corrected chi connectivity index (χ4v) is 2.64. The number of hydrogen-bond acceptors (Lipinski definition) is 2. The van der Waals surface area contributed by atoms with E-state index in [1.54, 1.807) is 0 Å². The van der Waals surface area contributed by atoms with Gasteiger partial charge in [-0.25, -0.2) is 0 Å². The molecule has 1 amide bonds. The van der Waals surface area contributed by atoms with E-state index in [0.717, 1.165) is 45.3 Å². The van der Waals surface area contributed by atoms with Gasteiger partial charge in [-0.1, -0.05) is 12.8 Å². The van der Waals surface area contributed by atoms with Crippen molar-refractivity contribution in [3.05, 3.63) is 0 Å². The lowest BCUT2D eigenvalue weighted by atomic mass is 9.75. The van der Waals surface area contributed by atoms with Crippen molar-refractivity contribution in [2.45, 2.75) is 38.5 Å². The lowest BCUT2D eigenvalue weighted by Gasteiger charge is -2.37. The van der Waals surface area contributed by atoms with Crippen molar-refractivity contribution in [3.63, 3.8) is 0 Å². The van der Waals surface area contributed by atoms with Crippen LogP contribution in [0.15, 0.2) is 0 Å². The van der Waals surface area contributed by atoms with E-state index in [4.69, 9.17) is 0 Å². The second kappa shape index (κ2) is 4.30. The Morgan fingerprint density at radius 2 is 1.86 bits per heavy atom. The molecule has 1 unspecified atom stereocenters. The molecule has 2 rings (SSSR count). The van der Waals surface area contributed by atoms with Crippen LogP contribution in [0.3, 0.4) is 0 Å². The Kier molecular flexibility index (Phi) is 3.06. The van der Waals surface area contributed by atoms with Gasteiger partial charge in [0.25, 0.3) is 0 Å². The van der Waals surface area contributed by atoms with Crippen molar-refractivity contribution >= 4 is 5.91 Å². The van der Waals surface area contributed by atoms with Gasteiger partial charge in [0.1, 0.15) is 0 Å². The third kappa shape index (κ3) is 1.92. The summed E-state index contributed by atoms with van der Waals surface area (Å²) in [4.78, 5) is 12.0. The van der Waals surface area contributed by atoms with Crippen LogP contribution < -0.4 is 10.6 Å². The molecule has 0 aromatic rings. The highest BCUT2D eigenvalue weighted by Gasteiger charge is 2.39. The molecule has 2 N–H and O–H groups in total. The average molecular weight is 196 g/mol. The van der Waals surface area contributed by atoms with E-state index in [9.17, 15) is 4.79 Å². The van der Waals surface area contributed by atoms with Crippen LogP contribution in [0.2, 0.25) is 0 Å². The van der Waals surface area contributed by atoms with Crippen LogP contribution in [0.5, 0.6) is 0 Å². The van der Waals surface area contributed by atoms with E-state index in [-0.39, 0.29) is 5.41 Å². The fraction of sp³-hybridized carbons (Fsp3) is 0.909. The summed E-state index contributed by atoms with van der Waals surface area (Å²) >= 11 is 0. The van der Waals surface area contributed by atoms with Crippen LogP contribution in [-0.2, 0) is 4.79 Å². The summed E-state index contributed by atoms with van der Waals surface area (Å²) in [6.45, 7) is 2.84. The summed E-state index contributed by atoms with van der Waals surface area (Å²) in [5, 5.41) is 6.43. The second-order valence-corrected chi connectivity index (χ2v) is 4.63. The number of carbonyl (C=O) groups is 1. The number of nitrogens with one attached hydrogen (secondary N) is 2. The first-order valence-corrected chi connectivity index (χ1v) is 5.83. The Labute approximate surface area is 85.6 Å². The fourth-order valence-electron chi connectivity index (χ4n) is 2.64. The maximum absolute atomic E-state index is 12.0. The first-order valence-electron chi connectivity index (χ1n) is 5.83. The van der Waals surface area contributed by atoms with Crippen LogP contribution >= 0.6 is 0 Å². The molecule has 3 heteroatoms. The van der Waals surface area contributed by atoms with Crippen molar-refractivity contribution in [1.82, 2.24) is 10.6 Å². The van der Waals surface area contributed by atoms with Crippen LogP contribution in [0, 0.1) is 5.41 Å². The van der Waals surface area contributed by atoms with Crippen molar-refractivity contribution in [2.24, 2.45) is 5.41 Å². The van der Waals surface area contributed by atoms with Gasteiger partial charge in [0.05, 0.1) is 5.41 Å². The summed E-state index contributed by atoms with van der Waals surface area (Å²) in [7, 11) is 0. The van der Waals surface area contributed by atoms with Gasteiger partial charge in [-0.15, -0.1) is 0 Å². The number of amides is 1. The maximum atomic E-state index is 12.0. The minimum Gasteiger partial charge on any atom is -0.356 e. The largest absolute Gasteiger partial charge is 0.356 e. The molecule has 0 aliphatic carbocycles. The Hall–Kier alpha value is -0.570. The zero-order chi connectivity index (χ0) is 9.86. The quantitative estimate of drug-likeness (QED) is 0.608. The number of hydrogen-bond donors (Lipinski definition) is 2. The van der Waals surface area contributed by atoms with E-state index in [1.807, 2.05) is 0 Å². The topological polar surface area (TPSA) is 41.1 Å². The molecule has 14 heavy (non-hydrogen) atoms. The normalized spacial score (nSPS) is 34.7. The first kappa shape index (κ1) is 9.97. The lowest BCUT2D eigenvalue weighted by Crippen LogP contribution is -2.51. The Morgan fingerprint density at radius 3 is 2.64 bits per heavy atom. The lowest BCUT2D eigenvalue weighted by molar-refractivity contribution is -0.133. The number of rotatable bonds is 0. The van der Waals surface area contributed by atoms with E-state index in [0.29, 0.717) is 5.91 Å². The molecule has 1 atom stereocenters. The van der Waals surface area contributed by atoms with Gasteiger partial charge in [-0.05, 0) is 32.2 Å². The third-order valence-electron chi connectivity index (χ3n) is 3.57. The maximum Gasteiger partial charge on any atom is 0.227 e. The highest BCUT2D eigenvalue weighted by atomic mass is 16.2. The van der Waals surface area contributed by atoms with E-state index >= 15 is 0 Å². The van der Waals surface area contributed by atoms with E-state index in [2.05, 4.69) is 10.6 Å². The van der Waals surface area contributed by atoms with Crippen molar-refractivity contribution in [2.75, 3.05) is 19.6 Å². The van der Waals surface area contributed by atoms with Gasteiger partial charge in [0, 0.05) is 13.1 Å². The SMILES string of the molecule is O=C1NCCCCCC12CCCNC2. The van der Waals surface area contributed by atoms with Gasteiger partial charge in [-0.2, -0.15) is 0 Å². The van der Waals surface area contributed by atoms with Crippen molar-refractivity contribution in [1.29, 1.82) is 0 Å². The van der Waals surface area contributed by atoms with Crippen LogP contribution in [0.1, 0.15) is 38.5 Å². The minimum absolute atomic E-state index is 0.0708. The molecule has 0 aromatic carbocycles. The predicted octanol–water partition coefficient (Wildman–Crippen LogP) is 1.05. The van der Waals surface area contributed by atoms with Gasteiger partial charge in [0.2, 0.25) is 5.91 Å². The summed E-state index contributed by atoms with van der Waals surface area (Å²) in [6.07, 6.45) is 6.93. The molecule has 80 valence electrons. The van der Waals surface area contributed by atoms with Gasteiger partial charge >= 0.3 is 0 Å². The summed E-state index contributed by atoms with van der Waals surface area (Å²) in [5.74, 6) is 0.296. The van der Waals surface area contributed by atoms with E-state index < -0.39 is 0 Å². The van der Waals surface area contributed by atoms with Gasteiger partial charge in [-0.3, -0.25) is 4.79 Å². The molecule has 2 saturated heterocycles. The standard InChI is InChI=1S/C11H20N2O/c14-10-11(6-4-7-12-9-11)5-2-1-3-8-13-10/h12H,1-9H2,(H,13,14). The highest BCUT2D eigenvalue weighted by molar-refractivity contribution is 5.83. The molecule has 0 saturated carbocycles. The Morgan fingerprint density at radius 1 is 1.00 bits per heavy atom. The molecular formula is C11H20N2O. The molecule has 3 nitrogen and oxygen atoms in total. The average Bonchev–Trinajstić information content (AvgIpc) is 2.22. The smallest absolute Gasteiger partial charge is 0.227 e. The third-order valence-corrected chi connectivity index (χ3v) is 3.57. The van der Waals surface area contributed by atoms with Gasteiger partial charge < -0.3 is 10.6 Å². The van der Waals surface area contributed by atoms with E-state index in [1.165, 1.54) is 12.8 Å². The molecule has 1 spiro atoms. The number of carbonyl (C=O) groups excluding carboxylic acids is 1. The summed E-state index contributed by atoms with van der Waals surface area (Å²) in [5.41, 5.74) is -0.0708. The molecule has 0 radical (unpaired) electrons. The zero-order valence-corrected chi connectivity index (χ0v) is 8.77. The zero-order valence-electron chi connectivity index (χ0n) is 8.77. The number of piperidine rings is 1. The van der Waals surface area contributed by atoms with Crippen LogP contribution in [0.4, 0.5) is 0 Å². The molecule has 0 bridgehead atoms. The molecule has 0 aromatic heterocycles. The van der Waals surface area contributed by atoms with Gasteiger partial charge in [0.15, 0.2) is 0 Å².